The zero-order valence-corrected chi connectivity index (χ0v) is 12.4. The van der Waals surface area contributed by atoms with Crippen molar-refractivity contribution < 1.29 is 22.6 Å². The van der Waals surface area contributed by atoms with Crippen LogP contribution in [0.15, 0.2) is 23.1 Å². The molecule has 0 heterocycles. The van der Waals surface area contributed by atoms with Crippen molar-refractivity contribution in [3.8, 4) is 5.75 Å². The highest BCUT2D eigenvalue weighted by Gasteiger charge is 2.13. The van der Waals surface area contributed by atoms with Gasteiger partial charge in [0.05, 0.1) is 30.4 Å². The van der Waals surface area contributed by atoms with Crippen LogP contribution in [-0.2, 0) is 19.5 Å². The van der Waals surface area contributed by atoms with Crippen molar-refractivity contribution in [1.82, 2.24) is 4.72 Å². The fourth-order valence-electron chi connectivity index (χ4n) is 1.40. The number of ether oxygens (including phenoxy) is 3. The standard InChI is InChI=1S/C12H20N2O5S/c1-14-20(15,16)10-3-4-12(11(13)9-10)19-8-7-18-6-5-17-2/h3-4,9,14H,5-8,13H2,1-2H3. The molecule has 3 N–H and O–H groups in total. The second kappa shape index (κ2) is 8.05. The van der Waals surface area contributed by atoms with E-state index in [1.54, 1.807) is 7.11 Å². The third-order valence-electron chi connectivity index (χ3n) is 2.48. The number of benzene rings is 1. The normalized spacial score (nSPS) is 11.5. The van der Waals surface area contributed by atoms with Crippen LogP contribution in [0.25, 0.3) is 0 Å². The molecule has 114 valence electrons. The Bertz CT molecular complexity index is 519. The molecule has 0 aliphatic rings. The van der Waals surface area contributed by atoms with Gasteiger partial charge in [0.1, 0.15) is 12.4 Å². The van der Waals surface area contributed by atoms with E-state index in [9.17, 15) is 8.42 Å². The van der Waals surface area contributed by atoms with Crippen molar-refractivity contribution in [1.29, 1.82) is 0 Å². The molecule has 0 saturated carbocycles. The van der Waals surface area contributed by atoms with Gasteiger partial charge < -0.3 is 19.9 Å². The number of methoxy groups -OCH3 is 1. The van der Waals surface area contributed by atoms with Crippen molar-refractivity contribution in [3.05, 3.63) is 18.2 Å². The maximum absolute atomic E-state index is 11.6. The fraction of sp³-hybridized carbons (Fsp3) is 0.500. The number of nitrogens with one attached hydrogen (secondary N) is 1. The average molecular weight is 304 g/mol. The third-order valence-corrected chi connectivity index (χ3v) is 3.89. The van der Waals surface area contributed by atoms with Gasteiger partial charge in [-0.25, -0.2) is 13.1 Å². The summed E-state index contributed by atoms with van der Waals surface area (Å²) in [6.45, 7) is 1.75. The number of hydrogen-bond acceptors (Lipinski definition) is 6. The first kappa shape index (κ1) is 16.7. The highest BCUT2D eigenvalue weighted by atomic mass is 32.2. The Labute approximate surface area is 119 Å². The van der Waals surface area contributed by atoms with Crippen LogP contribution < -0.4 is 15.2 Å². The molecule has 0 unspecified atom stereocenters. The van der Waals surface area contributed by atoms with Crippen molar-refractivity contribution in [2.75, 3.05) is 46.3 Å². The quantitative estimate of drug-likeness (QED) is 0.500. The number of anilines is 1. The smallest absolute Gasteiger partial charge is 0.240 e. The zero-order valence-electron chi connectivity index (χ0n) is 11.6. The summed E-state index contributed by atoms with van der Waals surface area (Å²) in [7, 11) is -0.558. The van der Waals surface area contributed by atoms with Gasteiger partial charge in [-0.3, -0.25) is 0 Å². The maximum atomic E-state index is 11.6. The Kier molecular flexibility index (Phi) is 6.73. The van der Waals surface area contributed by atoms with Gasteiger partial charge in [0.25, 0.3) is 0 Å². The molecule has 0 atom stereocenters. The highest BCUT2D eigenvalue weighted by molar-refractivity contribution is 7.89. The molecule has 0 aromatic heterocycles. The van der Waals surface area contributed by atoms with E-state index in [0.717, 1.165) is 0 Å². The SMILES string of the molecule is CNS(=O)(=O)c1ccc(OCCOCCOC)c(N)c1. The van der Waals surface area contributed by atoms with Gasteiger partial charge in [-0.15, -0.1) is 0 Å². The first-order chi connectivity index (χ1) is 9.51. The van der Waals surface area contributed by atoms with Crippen LogP contribution in [0.1, 0.15) is 0 Å². The van der Waals surface area contributed by atoms with Crippen molar-refractivity contribution in [2.45, 2.75) is 4.90 Å². The molecule has 0 saturated heterocycles. The first-order valence-electron chi connectivity index (χ1n) is 6.04. The molecule has 0 amide bonds. The summed E-state index contributed by atoms with van der Waals surface area (Å²) in [6, 6.07) is 4.31. The van der Waals surface area contributed by atoms with Gasteiger partial charge in [-0.2, -0.15) is 0 Å². The summed E-state index contributed by atoms with van der Waals surface area (Å²) >= 11 is 0. The summed E-state index contributed by atoms with van der Waals surface area (Å²) < 4.78 is 40.9. The lowest BCUT2D eigenvalue weighted by atomic mass is 10.3. The molecule has 1 aromatic rings. The van der Waals surface area contributed by atoms with E-state index in [0.29, 0.717) is 32.2 Å². The number of rotatable bonds is 9. The molecule has 7 nitrogen and oxygen atoms in total. The van der Waals surface area contributed by atoms with E-state index >= 15 is 0 Å². The van der Waals surface area contributed by atoms with Crippen molar-refractivity contribution >= 4 is 15.7 Å². The molecule has 8 heteroatoms. The molecule has 1 rings (SSSR count). The minimum absolute atomic E-state index is 0.0983. The van der Waals surface area contributed by atoms with Gasteiger partial charge in [0.15, 0.2) is 0 Å². The highest BCUT2D eigenvalue weighted by Crippen LogP contribution is 2.24. The van der Waals surface area contributed by atoms with Crippen LogP contribution in [0.5, 0.6) is 5.75 Å². The van der Waals surface area contributed by atoms with Crippen molar-refractivity contribution in [2.24, 2.45) is 0 Å². The summed E-state index contributed by atoms with van der Waals surface area (Å²) in [5, 5.41) is 0. The van der Waals surface area contributed by atoms with E-state index in [4.69, 9.17) is 19.9 Å². The summed E-state index contributed by atoms with van der Waals surface area (Å²) in [4.78, 5) is 0.0983. The van der Waals surface area contributed by atoms with E-state index in [1.807, 2.05) is 0 Å². The van der Waals surface area contributed by atoms with Gasteiger partial charge >= 0.3 is 0 Å². The van der Waals surface area contributed by atoms with E-state index in [-0.39, 0.29) is 10.6 Å². The molecule has 0 radical (unpaired) electrons. The molecule has 0 aliphatic carbocycles. The minimum atomic E-state index is -3.50. The van der Waals surface area contributed by atoms with Gasteiger partial charge in [-0.05, 0) is 25.2 Å². The van der Waals surface area contributed by atoms with Gasteiger partial charge in [-0.1, -0.05) is 0 Å². The second-order valence-corrected chi connectivity index (χ2v) is 5.75. The average Bonchev–Trinajstić information content (AvgIpc) is 2.44. The van der Waals surface area contributed by atoms with Crippen LogP contribution in [0.3, 0.4) is 0 Å². The Morgan fingerprint density at radius 2 is 1.90 bits per heavy atom. The Morgan fingerprint density at radius 3 is 2.50 bits per heavy atom. The lowest BCUT2D eigenvalue weighted by molar-refractivity contribution is 0.0545. The molecule has 0 aliphatic heterocycles. The van der Waals surface area contributed by atoms with E-state index < -0.39 is 10.0 Å². The second-order valence-electron chi connectivity index (χ2n) is 3.86. The Morgan fingerprint density at radius 1 is 1.20 bits per heavy atom. The number of nitrogen functional groups attached to an aromatic ring is 1. The molecule has 0 bridgehead atoms. The monoisotopic (exact) mass is 304 g/mol. The Hall–Kier alpha value is -1.35. The first-order valence-corrected chi connectivity index (χ1v) is 7.52. The van der Waals surface area contributed by atoms with Crippen LogP contribution in [-0.4, -0.2) is 49.0 Å². The Balaban J connectivity index is 2.53. The molecular formula is C12H20N2O5S. The van der Waals surface area contributed by atoms with Crippen LogP contribution in [0.2, 0.25) is 0 Å². The number of sulfonamides is 1. The largest absolute Gasteiger partial charge is 0.489 e. The summed E-state index contributed by atoms with van der Waals surface area (Å²) in [6.07, 6.45) is 0. The molecular weight excluding hydrogens is 284 g/mol. The summed E-state index contributed by atoms with van der Waals surface area (Å²) in [5.74, 6) is 0.426. The molecule has 0 spiro atoms. The maximum Gasteiger partial charge on any atom is 0.240 e. The zero-order chi connectivity index (χ0) is 15.0. The fourth-order valence-corrected chi connectivity index (χ4v) is 2.16. The minimum Gasteiger partial charge on any atom is -0.489 e. The van der Waals surface area contributed by atoms with Crippen LogP contribution in [0.4, 0.5) is 5.69 Å². The van der Waals surface area contributed by atoms with Crippen LogP contribution in [0, 0.1) is 0 Å². The lowest BCUT2D eigenvalue weighted by Gasteiger charge is -2.10. The topological polar surface area (TPSA) is 99.9 Å². The van der Waals surface area contributed by atoms with Crippen molar-refractivity contribution in [3.63, 3.8) is 0 Å². The van der Waals surface area contributed by atoms with Crippen LogP contribution >= 0.6 is 0 Å². The van der Waals surface area contributed by atoms with E-state index in [2.05, 4.69) is 4.72 Å². The molecule has 0 fully saturated rings. The molecule has 20 heavy (non-hydrogen) atoms. The predicted octanol–water partition coefficient (Wildman–Crippen LogP) is 0.219. The van der Waals surface area contributed by atoms with Gasteiger partial charge in [0.2, 0.25) is 10.0 Å². The van der Waals surface area contributed by atoms with E-state index in [1.165, 1.54) is 25.2 Å². The summed E-state index contributed by atoms with van der Waals surface area (Å²) in [5.41, 5.74) is 6.02. The number of hydrogen-bond donors (Lipinski definition) is 2. The lowest BCUT2D eigenvalue weighted by Crippen LogP contribution is -2.18. The van der Waals surface area contributed by atoms with Gasteiger partial charge in [0, 0.05) is 7.11 Å². The number of nitrogens with two attached hydrogens (primary N) is 1. The molecule has 1 aromatic carbocycles. The third kappa shape index (κ3) is 4.97. The predicted molar refractivity (Wildman–Crippen MR) is 75.3 cm³/mol.